The van der Waals surface area contributed by atoms with Crippen molar-refractivity contribution in [3.63, 3.8) is 0 Å². The van der Waals surface area contributed by atoms with E-state index in [1.807, 2.05) is 66.7 Å². The number of nitrogens with two attached hydrogens (primary N) is 1. The van der Waals surface area contributed by atoms with Crippen LogP contribution in [0, 0.1) is 0 Å². The van der Waals surface area contributed by atoms with Gasteiger partial charge in [0.2, 0.25) is 5.91 Å². The first-order valence-electron chi connectivity index (χ1n) is 14.8. The van der Waals surface area contributed by atoms with Crippen molar-refractivity contribution in [1.29, 1.82) is 0 Å². The summed E-state index contributed by atoms with van der Waals surface area (Å²) in [5.74, 6) is -0.267. The number of esters is 1. The molecule has 4 aromatic carbocycles. The predicted molar refractivity (Wildman–Crippen MR) is 173 cm³/mol. The summed E-state index contributed by atoms with van der Waals surface area (Å²) in [6.07, 6.45) is 1.83. The molecule has 0 unspecified atom stereocenters. The molecule has 4 N–H and O–H groups in total. The first kappa shape index (κ1) is 32.1. The molecule has 0 aromatic heterocycles. The Bertz CT molecular complexity index is 1630. The zero-order chi connectivity index (χ0) is 31.7. The number of rotatable bonds is 12. The van der Waals surface area contributed by atoms with Crippen molar-refractivity contribution in [2.75, 3.05) is 26.0 Å². The van der Waals surface area contributed by atoms with Gasteiger partial charge in [0.1, 0.15) is 23.0 Å². The molecule has 0 radical (unpaired) electrons. The molecule has 9 nitrogen and oxygen atoms in total. The Balaban J connectivity index is 1.32. The topological polar surface area (TPSA) is 129 Å². The predicted octanol–water partition coefficient (Wildman–Crippen LogP) is 6.16. The summed E-state index contributed by atoms with van der Waals surface area (Å²) in [6.45, 7) is 6.15. The number of anilines is 1. The molecule has 44 heavy (non-hydrogen) atoms. The van der Waals surface area contributed by atoms with Crippen molar-refractivity contribution in [2.45, 2.75) is 58.1 Å². The fraction of sp³-hybridized carbons (Fsp3) is 0.343. The van der Waals surface area contributed by atoms with E-state index in [-0.39, 0.29) is 12.3 Å². The van der Waals surface area contributed by atoms with Crippen LogP contribution in [0.1, 0.15) is 56.0 Å². The molecular formula is C35H41N3O6. The quantitative estimate of drug-likeness (QED) is 0.101. The number of carbonyl (C=O) groups excluding carboxylic acids is 3. The van der Waals surface area contributed by atoms with Crippen molar-refractivity contribution >= 4 is 45.2 Å². The first-order chi connectivity index (χ1) is 21.1. The molecule has 0 bridgehead atoms. The lowest BCUT2D eigenvalue weighted by molar-refractivity contribution is -0.123. The van der Waals surface area contributed by atoms with Crippen LogP contribution in [-0.2, 0) is 20.7 Å². The van der Waals surface area contributed by atoms with E-state index in [4.69, 9.17) is 19.9 Å². The third kappa shape index (κ3) is 8.63. The van der Waals surface area contributed by atoms with Gasteiger partial charge in [-0.15, -0.1) is 0 Å². The molecule has 0 saturated carbocycles. The van der Waals surface area contributed by atoms with Gasteiger partial charge in [-0.3, -0.25) is 4.79 Å². The second-order valence-corrected chi connectivity index (χ2v) is 11.6. The maximum atomic E-state index is 13.3. The lowest BCUT2D eigenvalue weighted by atomic mass is 9.97. The zero-order valence-electron chi connectivity index (χ0n) is 25.8. The first-order valence-corrected chi connectivity index (χ1v) is 14.8. The van der Waals surface area contributed by atoms with Crippen LogP contribution in [0.2, 0.25) is 0 Å². The Morgan fingerprint density at radius 1 is 0.864 bits per heavy atom. The van der Waals surface area contributed by atoms with Gasteiger partial charge in [0.15, 0.2) is 0 Å². The number of methoxy groups -OCH3 is 1. The summed E-state index contributed by atoms with van der Waals surface area (Å²) in [5, 5.41) is 9.43. The maximum absolute atomic E-state index is 13.3. The van der Waals surface area contributed by atoms with Crippen LogP contribution >= 0.6 is 0 Å². The molecule has 0 aliphatic rings. The summed E-state index contributed by atoms with van der Waals surface area (Å²) in [7, 11) is 1.35. The van der Waals surface area contributed by atoms with Gasteiger partial charge in [-0.25, -0.2) is 9.59 Å². The molecule has 0 aliphatic carbocycles. The lowest BCUT2D eigenvalue weighted by Gasteiger charge is -2.24. The molecule has 232 valence electrons. The number of carbonyl (C=O) groups is 3. The van der Waals surface area contributed by atoms with Crippen molar-refractivity contribution < 1.29 is 28.6 Å². The highest BCUT2D eigenvalue weighted by Gasteiger charge is 2.25. The second kappa shape index (κ2) is 14.6. The monoisotopic (exact) mass is 599 g/mol. The largest absolute Gasteiger partial charge is 0.493 e. The number of nitrogen functional groups attached to an aromatic ring is 1. The Labute approximate surface area is 258 Å². The SMILES string of the molecule is COC(=O)c1cc2ccccc2cc1OCCCCCNC(=O)[C@H](Cc1ccc(N)c2ccccc12)NC(=O)OC(C)(C)C. The number of amides is 2. The number of hydrogen-bond donors (Lipinski definition) is 3. The Kier molecular flexibility index (Phi) is 10.7. The molecule has 9 heteroatoms. The van der Waals surface area contributed by atoms with E-state index < -0.39 is 23.7 Å². The minimum absolute atomic E-state index is 0.272. The van der Waals surface area contributed by atoms with E-state index in [2.05, 4.69) is 10.6 Å². The van der Waals surface area contributed by atoms with Crippen LogP contribution < -0.4 is 21.1 Å². The van der Waals surface area contributed by atoms with E-state index >= 15 is 0 Å². The van der Waals surface area contributed by atoms with Crippen LogP contribution in [0.15, 0.2) is 72.8 Å². The fourth-order valence-corrected chi connectivity index (χ4v) is 4.97. The van der Waals surface area contributed by atoms with Gasteiger partial charge in [0, 0.05) is 24.0 Å². The van der Waals surface area contributed by atoms with Crippen molar-refractivity contribution in [3.8, 4) is 5.75 Å². The van der Waals surface area contributed by atoms with Gasteiger partial charge in [-0.05, 0) is 80.0 Å². The minimum Gasteiger partial charge on any atom is -0.493 e. The van der Waals surface area contributed by atoms with Crippen LogP contribution in [0.4, 0.5) is 10.5 Å². The molecule has 0 heterocycles. The van der Waals surface area contributed by atoms with Gasteiger partial charge < -0.3 is 30.6 Å². The highest BCUT2D eigenvalue weighted by molar-refractivity contribution is 5.99. The average molecular weight is 600 g/mol. The maximum Gasteiger partial charge on any atom is 0.408 e. The Hall–Kier alpha value is -4.79. The van der Waals surface area contributed by atoms with Crippen LogP contribution in [0.25, 0.3) is 21.5 Å². The highest BCUT2D eigenvalue weighted by Crippen LogP contribution is 2.28. The number of nitrogens with one attached hydrogen (secondary N) is 2. The second-order valence-electron chi connectivity index (χ2n) is 11.6. The number of fused-ring (bicyclic) bond motifs is 2. The number of benzene rings is 4. The average Bonchev–Trinajstić information content (AvgIpc) is 2.99. The van der Waals surface area contributed by atoms with Crippen molar-refractivity contribution in [2.24, 2.45) is 0 Å². The fourth-order valence-electron chi connectivity index (χ4n) is 4.97. The van der Waals surface area contributed by atoms with E-state index in [0.717, 1.165) is 39.9 Å². The molecule has 0 fully saturated rings. The third-order valence-corrected chi connectivity index (χ3v) is 7.11. The normalized spacial score (nSPS) is 12.0. The highest BCUT2D eigenvalue weighted by atomic mass is 16.6. The van der Waals surface area contributed by atoms with Gasteiger partial charge in [0.05, 0.1) is 13.7 Å². The minimum atomic E-state index is -0.843. The number of ether oxygens (including phenoxy) is 3. The van der Waals surface area contributed by atoms with Crippen molar-refractivity contribution in [3.05, 3.63) is 83.9 Å². The van der Waals surface area contributed by atoms with E-state index in [0.29, 0.717) is 36.6 Å². The van der Waals surface area contributed by atoms with Gasteiger partial charge in [0.25, 0.3) is 0 Å². The van der Waals surface area contributed by atoms with E-state index in [1.54, 1.807) is 26.8 Å². The van der Waals surface area contributed by atoms with Crippen LogP contribution in [0.3, 0.4) is 0 Å². The number of alkyl carbamates (subject to hydrolysis) is 1. The molecule has 0 saturated heterocycles. The van der Waals surface area contributed by atoms with Gasteiger partial charge >= 0.3 is 12.1 Å². The molecule has 4 rings (SSSR count). The number of unbranched alkanes of at least 4 members (excludes halogenated alkanes) is 2. The lowest BCUT2D eigenvalue weighted by Crippen LogP contribution is -2.49. The zero-order valence-corrected chi connectivity index (χ0v) is 25.8. The van der Waals surface area contributed by atoms with Crippen LogP contribution in [0.5, 0.6) is 5.75 Å². The standard InChI is InChI=1S/C35H41N3O6/c1-35(2,3)44-34(41)38-30(21-25-16-17-29(36)27-15-9-8-14-26(25)27)32(39)37-18-10-5-11-19-43-31-22-24-13-7-6-12-23(24)20-28(31)33(40)42-4/h6-9,12-17,20,22,30H,5,10-11,18-19,21,36H2,1-4H3,(H,37,39)(H,38,41)/t30-/m0/s1. The van der Waals surface area contributed by atoms with Gasteiger partial charge in [-0.2, -0.15) is 0 Å². The van der Waals surface area contributed by atoms with Crippen LogP contribution in [-0.4, -0.2) is 49.9 Å². The van der Waals surface area contributed by atoms with Crippen molar-refractivity contribution in [1.82, 2.24) is 10.6 Å². The molecular weight excluding hydrogens is 558 g/mol. The smallest absolute Gasteiger partial charge is 0.408 e. The third-order valence-electron chi connectivity index (χ3n) is 7.11. The molecule has 2 amide bonds. The van der Waals surface area contributed by atoms with E-state index in [9.17, 15) is 14.4 Å². The summed E-state index contributed by atoms with van der Waals surface area (Å²) in [5.41, 5.74) is 7.39. The summed E-state index contributed by atoms with van der Waals surface area (Å²) in [6, 6.07) is 22.0. The van der Waals surface area contributed by atoms with E-state index in [1.165, 1.54) is 7.11 Å². The molecule has 0 aliphatic heterocycles. The number of hydrogen-bond acceptors (Lipinski definition) is 7. The summed E-state index contributed by atoms with van der Waals surface area (Å²) in [4.78, 5) is 38.2. The van der Waals surface area contributed by atoms with Gasteiger partial charge in [-0.1, -0.05) is 54.6 Å². The Morgan fingerprint density at radius 2 is 1.55 bits per heavy atom. The summed E-state index contributed by atoms with van der Waals surface area (Å²) >= 11 is 0. The Morgan fingerprint density at radius 3 is 2.25 bits per heavy atom. The summed E-state index contributed by atoms with van der Waals surface area (Å²) < 4.78 is 16.3. The molecule has 1 atom stereocenters. The molecule has 4 aromatic rings. The molecule has 0 spiro atoms.